The second kappa shape index (κ2) is 9.85. The predicted molar refractivity (Wildman–Crippen MR) is 97.7 cm³/mol. The monoisotopic (exact) mass is 341 g/mol. The molecule has 5 heteroatoms. The molecule has 1 aliphatic heterocycles. The summed E-state index contributed by atoms with van der Waals surface area (Å²) in [6, 6.07) is 12.4. The number of nitrogens with one attached hydrogen (secondary N) is 1. The van der Waals surface area contributed by atoms with Gasteiger partial charge in [0.05, 0.1) is 12.2 Å². The number of amides is 1. The van der Waals surface area contributed by atoms with Gasteiger partial charge in [-0.25, -0.2) is 0 Å². The fourth-order valence-electron chi connectivity index (χ4n) is 3.03. The summed E-state index contributed by atoms with van der Waals surface area (Å²) in [6.07, 6.45) is 4.65. The van der Waals surface area contributed by atoms with Crippen LogP contribution in [0.25, 0.3) is 0 Å². The van der Waals surface area contributed by atoms with E-state index < -0.39 is 0 Å². The van der Waals surface area contributed by atoms with Crippen molar-refractivity contribution in [2.24, 2.45) is 0 Å². The first-order valence-corrected chi connectivity index (χ1v) is 8.92. The summed E-state index contributed by atoms with van der Waals surface area (Å²) < 4.78 is 5.63. The highest BCUT2D eigenvalue weighted by Crippen LogP contribution is 2.13. The molecule has 0 radical (unpaired) electrons. The number of hydrogen-bond acceptors (Lipinski definition) is 4. The summed E-state index contributed by atoms with van der Waals surface area (Å²) in [7, 11) is 0. The lowest BCUT2D eigenvalue weighted by Gasteiger charge is -2.35. The molecule has 1 saturated heterocycles. The Balaban J connectivity index is 1.74. The summed E-state index contributed by atoms with van der Waals surface area (Å²) in [4.78, 5) is 14.2. The highest BCUT2D eigenvalue weighted by atomic mass is 16.5. The Hall–Kier alpha value is -2.32. The van der Waals surface area contributed by atoms with Crippen LogP contribution in [0.1, 0.15) is 32.3 Å². The van der Waals surface area contributed by atoms with Crippen LogP contribution in [-0.4, -0.2) is 42.6 Å². The van der Waals surface area contributed by atoms with E-state index in [9.17, 15) is 10.1 Å². The molecule has 0 aliphatic carbocycles. The van der Waals surface area contributed by atoms with Crippen LogP contribution >= 0.6 is 0 Å². The van der Waals surface area contributed by atoms with Crippen molar-refractivity contribution in [1.29, 1.82) is 5.26 Å². The number of morpholine rings is 1. The number of hydrogen-bond donors (Lipinski definition) is 1. The van der Waals surface area contributed by atoms with Gasteiger partial charge in [-0.05, 0) is 38.7 Å². The highest BCUT2D eigenvalue weighted by molar-refractivity contribution is 5.97. The maximum absolute atomic E-state index is 12.5. The van der Waals surface area contributed by atoms with Gasteiger partial charge in [-0.3, -0.25) is 4.79 Å². The standard InChI is InChI=1S/C20H27N3O2/c1-16-14-23(15-17(2)25-16)20(24)19(12-21)13-22-11-7-6-10-18-8-4-3-5-9-18/h3-5,8-9,13,16-17,22H,6-7,10-11,14-15H2,1-2H3/b19-13-. The number of unbranched alkanes of at least 4 members (excludes halogenated alkanes) is 1. The Morgan fingerprint density at radius 1 is 1.28 bits per heavy atom. The van der Waals surface area contributed by atoms with Gasteiger partial charge >= 0.3 is 0 Å². The lowest BCUT2D eigenvalue weighted by Crippen LogP contribution is -2.48. The van der Waals surface area contributed by atoms with E-state index in [4.69, 9.17) is 4.74 Å². The van der Waals surface area contributed by atoms with Crippen molar-refractivity contribution in [2.75, 3.05) is 19.6 Å². The molecule has 2 rings (SSSR count). The second-order valence-electron chi connectivity index (χ2n) is 6.53. The number of rotatable bonds is 7. The van der Waals surface area contributed by atoms with Crippen LogP contribution in [0, 0.1) is 11.3 Å². The van der Waals surface area contributed by atoms with Crippen molar-refractivity contribution in [3.8, 4) is 6.07 Å². The average molecular weight is 341 g/mol. The van der Waals surface area contributed by atoms with Gasteiger partial charge in [0.2, 0.25) is 0 Å². The van der Waals surface area contributed by atoms with Gasteiger partial charge in [0, 0.05) is 25.8 Å². The van der Waals surface area contributed by atoms with E-state index in [1.165, 1.54) is 5.56 Å². The molecule has 1 heterocycles. The maximum Gasteiger partial charge on any atom is 0.266 e. The highest BCUT2D eigenvalue weighted by Gasteiger charge is 2.27. The van der Waals surface area contributed by atoms with Gasteiger partial charge in [-0.1, -0.05) is 30.3 Å². The smallest absolute Gasteiger partial charge is 0.266 e. The van der Waals surface area contributed by atoms with Crippen molar-refractivity contribution in [3.05, 3.63) is 47.7 Å². The quantitative estimate of drug-likeness (QED) is 0.470. The fraction of sp³-hybridized carbons (Fsp3) is 0.500. The molecule has 2 atom stereocenters. The van der Waals surface area contributed by atoms with Crippen molar-refractivity contribution in [3.63, 3.8) is 0 Å². The number of carbonyl (C=O) groups is 1. The van der Waals surface area contributed by atoms with Gasteiger partial charge < -0.3 is 15.0 Å². The molecule has 1 amide bonds. The third-order valence-corrected chi connectivity index (χ3v) is 4.18. The third-order valence-electron chi connectivity index (χ3n) is 4.18. The summed E-state index contributed by atoms with van der Waals surface area (Å²) >= 11 is 0. The van der Waals surface area contributed by atoms with E-state index in [1.54, 1.807) is 11.1 Å². The van der Waals surface area contributed by atoms with Gasteiger partial charge in [0.1, 0.15) is 11.6 Å². The lowest BCUT2D eigenvalue weighted by molar-refractivity contribution is -0.138. The molecular weight excluding hydrogens is 314 g/mol. The third kappa shape index (κ3) is 6.24. The molecule has 0 bridgehead atoms. The van der Waals surface area contributed by atoms with E-state index in [2.05, 4.69) is 29.6 Å². The van der Waals surface area contributed by atoms with E-state index >= 15 is 0 Å². The first kappa shape index (κ1) is 19.0. The molecule has 134 valence electrons. The number of aryl methyl sites for hydroxylation is 1. The number of nitriles is 1. The van der Waals surface area contributed by atoms with Crippen molar-refractivity contribution < 1.29 is 9.53 Å². The molecule has 1 aromatic rings. The molecule has 5 nitrogen and oxygen atoms in total. The van der Waals surface area contributed by atoms with E-state index in [0.29, 0.717) is 13.1 Å². The number of nitrogens with zero attached hydrogens (tertiary/aromatic N) is 2. The normalized spacial score (nSPS) is 20.8. The van der Waals surface area contributed by atoms with Crippen LogP contribution in [0.5, 0.6) is 0 Å². The molecule has 0 saturated carbocycles. The average Bonchev–Trinajstić information content (AvgIpc) is 2.61. The number of ether oxygens (including phenoxy) is 1. The molecular formula is C20H27N3O2. The summed E-state index contributed by atoms with van der Waals surface area (Å²) in [5.74, 6) is -0.221. The predicted octanol–water partition coefficient (Wildman–Crippen LogP) is 2.64. The van der Waals surface area contributed by atoms with Gasteiger partial charge in [-0.2, -0.15) is 5.26 Å². The lowest BCUT2D eigenvalue weighted by atomic mass is 10.1. The summed E-state index contributed by atoms with van der Waals surface area (Å²) in [5, 5.41) is 12.4. The number of carbonyl (C=O) groups excluding carboxylic acids is 1. The van der Waals surface area contributed by atoms with Crippen LogP contribution in [0.3, 0.4) is 0 Å². The Morgan fingerprint density at radius 3 is 2.60 bits per heavy atom. The van der Waals surface area contributed by atoms with Crippen LogP contribution < -0.4 is 5.32 Å². The SMILES string of the molecule is CC1CN(C(=O)/C(C#N)=C\NCCCCc2ccccc2)CC(C)O1. The fourth-order valence-corrected chi connectivity index (χ4v) is 3.03. The molecule has 1 N–H and O–H groups in total. The Kier molecular flexibility index (Phi) is 7.49. The van der Waals surface area contributed by atoms with Gasteiger partial charge in [0.15, 0.2) is 0 Å². The zero-order valence-electron chi connectivity index (χ0n) is 15.1. The van der Waals surface area contributed by atoms with Gasteiger partial charge in [-0.15, -0.1) is 0 Å². The topological polar surface area (TPSA) is 65.4 Å². The van der Waals surface area contributed by atoms with Crippen LogP contribution in [0.2, 0.25) is 0 Å². The molecule has 2 unspecified atom stereocenters. The molecule has 1 aliphatic rings. The minimum absolute atomic E-state index is 0.00131. The number of benzene rings is 1. The Bertz CT molecular complexity index is 612. The Morgan fingerprint density at radius 2 is 1.96 bits per heavy atom. The molecule has 0 aromatic heterocycles. The minimum atomic E-state index is -0.221. The Labute approximate surface area is 150 Å². The first-order chi connectivity index (χ1) is 12.1. The van der Waals surface area contributed by atoms with E-state index in [-0.39, 0.29) is 23.7 Å². The molecule has 25 heavy (non-hydrogen) atoms. The second-order valence-corrected chi connectivity index (χ2v) is 6.53. The van der Waals surface area contributed by atoms with E-state index in [1.807, 2.05) is 26.0 Å². The summed E-state index contributed by atoms with van der Waals surface area (Å²) in [6.45, 7) is 5.69. The van der Waals surface area contributed by atoms with Crippen molar-refractivity contribution in [2.45, 2.75) is 45.3 Å². The molecule has 0 spiro atoms. The maximum atomic E-state index is 12.5. The molecule has 1 fully saturated rings. The van der Waals surface area contributed by atoms with Crippen molar-refractivity contribution in [1.82, 2.24) is 10.2 Å². The minimum Gasteiger partial charge on any atom is -0.390 e. The van der Waals surface area contributed by atoms with Crippen LogP contribution in [0.15, 0.2) is 42.1 Å². The van der Waals surface area contributed by atoms with Crippen molar-refractivity contribution >= 4 is 5.91 Å². The van der Waals surface area contributed by atoms with Crippen LogP contribution in [0.4, 0.5) is 0 Å². The zero-order chi connectivity index (χ0) is 18.1. The molecule has 1 aromatic carbocycles. The van der Waals surface area contributed by atoms with E-state index in [0.717, 1.165) is 25.8 Å². The van der Waals surface area contributed by atoms with Crippen LogP contribution in [-0.2, 0) is 16.0 Å². The first-order valence-electron chi connectivity index (χ1n) is 8.92. The summed E-state index contributed by atoms with van der Waals surface area (Å²) in [5.41, 5.74) is 1.49. The zero-order valence-corrected chi connectivity index (χ0v) is 15.1. The largest absolute Gasteiger partial charge is 0.390 e. The van der Waals surface area contributed by atoms with Gasteiger partial charge in [0.25, 0.3) is 5.91 Å².